The van der Waals surface area contributed by atoms with Crippen molar-refractivity contribution in [2.75, 3.05) is 45.9 Å². The van der Waals surface area contributed by atoms with E-state index in [4.69, 9.17) is 9.15 Å². The van der Waals surface area contributed by atoms with E-state index in [9.17, 15) is 14.9 Å². The van der Waals surface area contributed by atoms with Crippen LogP contribution in [-0.2, 0) is 9.53 Å². The van der Waals surface area contributed by atoms with Gasteiger partial charge in [-0.3, -0.25) is 9.59 Å². The quantitative estimate of drug-likeness (QED) is 0.373. The number of ether oxygens (including phenoxy) is 1. The molecule has 0 spiro atoms. The van der Waals surface area contributed by atoms with Crippen LogP contribution in [0.15, 0.2) is 34.6 Å². The van der Waals surface area contributed by atoms with E-state index in [1.165, 1.54) is 6.26 Å². The second-order valence-electron chi connectivity index (χ2n) is 6.54. The first kappa shape index (κ1) is 21.5. The lowest BCUT2D eigenvalue weighted by atomic mass is 10.2. The Morgan fingerprint density at radius 2 is 2.04 bits per heavy atom. The fraction of sp³-hybridized carbons (Fsp3) is 0.550. The van der Waals surface area contributed by atoms with Gasteiger partial charge in [-0.25, -0.2) is 0 Å². The highest BCUT2D eigenvalue weighted by atomic mass is 16.5. The van der Waals surface area contributed by atoms with Gasteiger partial charge in [0, 0.05) is 52.1 Å². The molecule has 2 amide bonds. The zero-order valence-electron chi connectivity index (χ0n) is 16.4. The van der Waals surface area contributed by atoms with Gasteiger partial charge in [-0.1, -0.05) is 13.3 Å². The van der Waals surface area contributed by atoms with E-state index in [0.717, 1.165) is 19.4 Å². The molecule has 1 fully saturated rings. The molecule has 2 heterocycles. The summed E-state index contributed by atoms with van der Waals surface area (Å²) in [6.07, 6.45) is 5.89. The lowest BCUT2D eigenvalue weighted by molar-refractivity contribution is -0.117. The molecule has 0 aromatic carbocycles. The highest BCUT2D eigenvalue weighted by Gasteiger charge is 2.23. The van der Waals surface area contributed by atoms with Crippen LogP contribution in [0.2, 0.25) is 0 Å². The highest BCUT2D eigenvalue weighted by Crippen LogP contribution is 2.10. The number of hydrogen-bond donors (Lipinski definition) is 1. The Morgan fingerprint density at radius 3 is 2.68 bits per heavy atom. The summed E-state index contributed by atoms with van der Waals surface area (Å²) in [5.41, 5.74) is 0.0673. The summed E-state index contributed by atoms with van der Waals surface area (Å²) in [5, 5.41) is 12.0. The fourth-order valence-electron chi connectivity index (χ4n) is 2.75. The van der Waals surface area contributed by atoms with Gasteiger partial charge in [0.1, 0.15) is 11.6 Å². The Hall–Kier alpha value is -2.79. The molecule has 0 bridgehead atoms. The summed E-state index contributed by atoms with van der Waals surface area (Å²) in [6.45, 7) is 6.02. The molecular formula is C20H28N4O4. The van der Waals surface area contributed by atoms with Crippen molar-refractivity contribution < 1.29 is 18.7 Å². The van der Waals surface area contributed by atoms with Crippen molar-refractivity contribution >= 4 is 11.8 Å². The summed E-state index contributed by atoms with van der Waals surface area (Å²) in [6, 6.07) is 5.28. The number of carbonyl (C=O) groups excluding carboxylic acids is 2. The Kier molecular flexibility index (Phi) is 9.08. The molecule has 8 nitrogen and oxygen atoms in total. The number of furan rings is 1. The molecule has 1 aliphatic rings. The van der Waals surface area contributed by atoms with Crippen molar-refractivity contribution in [3.8, 4) is 6.07 Å². The molecular weight excluding hydrogens is 360 g/mol. The first-order chi connectivity index (χ1) is 13.7. The van der Waals surface area contributed by atoms with Gasteiger partial charge in [0.05, 0.1) is 6.26 Å². The Labute approximate surface area is 165 Å². The van der Waals surface area contributed by atoms with Crippen molar-refractivity contribution in [2.45, 2.75) is 26.2 Å². The number of carbonyl (C=O) groups is 2. The minimum absolute atomic E-state index is 0.0673. The van der Waals surface area contributed by atoms with E-state index >= 15 is 0 Å². The Morgan fingerprint density at radius 1 is 1.29 bits per heavy atom. The van der Waals surface area contributed by atoms with Crippen LogP contribution in [0.25, 0.3) is 0 Å². The molecule has 8 heteroatoms. The van der Waals surface area contributed by atoms with E-state index < -0.39 is 0 Å². The second-order valence-corrected chi connectivity index (χ2v) is 6.54. The smallest absolute Gasteiger partial charge is 0.289 e. The van der Waals surface area contributed by atoms with E-state index in [1.807, 2.05) is 11.0 Å². The topological polar surface area (TPSA) is 98.8 Å². The number of nitrogens with zero attached hydrogens (tertiary/aromatic N) is 3. The van der Waals surface area contributed by atoms with Crippen molar-refractivity contribution in [2.24, 2.45) is 0 Å². The largest absolute Gasteiger partial charge is 0.459 e. The zero-order chi connectivity index (χ0) is 20.2. The molecule has 2 rings (SSSR count). The summed E-state index contributed by atoms with van der Waals surface area (Å²) in [4.78, 5) is 28.0. The molecule has 28 heavy (non-hydrogen) atoms. The molecule has 0 aliphatic carbocycles. The van der Waals surface area contributed by atoms with Gasteiger partial charge in [-0.2, -0.15) is 5.26 Å². The lowest BCUT2D eigenvalue weighted by Crippen LogP contribution is -2.47. The average molecular weight is 388 g/mol. The predicted octanol–water partition coefficient (Wildman–Crippen LogP) is 1.77. The molecule has 0 atom stereocenters. The maximum Gasteiger partial charge on any atom is 0.289 e. The molecule has 1 N–H and O–H groups in total. The zero-order valence-corrected chi connectivity index (χ0v) is 16.4. The van der Waals surface area contributed by atoms with Gasteiger partial charge in [-0.05, 0) is 25.0 Å². The van der Waals surface area contributed by atoms with Crippen LogP contribution < -0.4 is 5.32 Å². The fourth-order valence-corrected chi connectivity index (χ4v) is 2.75. The van der Waals surface area contributed by atoms with Gasteiger partial charge in [-0.15, -0.1) is 0 Å². The van der Waals surface area contributed by atoms with E-state index in [0.29, 0.717) is 51.5 Å². The van der Waals surface area contributed by atoms with E-state index in [-0.39, 0.29) is 17.4 Å². The average Bonchev–Trinajstić information content (AvgIpc) is 3.26. The van der Waals surface area contributed by atoms with Crippen LogP contribution >= 0.6 is 0 Å². The molecule has 1 aromatic heterocycles. The van der Waals surface area contributed by atoms with Crippen molar-refractivity contribution in [1.29, 1.82) is 5.26 Å². The van der Waals surface area contributed by atoms with Crippen LogP contribution in [-0.4, -0.2) is 67.6 Å². The molecule has 0 saturated carbocycles. The molecule has 1 aromatic rings. The molecule has 1 aliphatic heterocycles. The summed E-state index contributed by atoms with van der Waals surface area (Å²) in [7, 11) is 0. The van der Waals surface area contributed by atoms with Crippen molar-refractivity contribution in [3.63, 3.8) is 0 Å². The summed E-state index contributed by atoms with van der Waals surface area (Å²) < 4.78 is 10.6. The SMILES string of the molecule is CCCCOCCCNC(=O)/C(C#N)=C\N1CCN(C(=O)c2ccco2)CC1. The van der Waals surface area contributed by atoms with E-state index in [2.05, 4.69) is 12.2 Å². The van der Waals surface area contributed by atoms with Gasteiger partial charge in [0.2, 0.25) is 0 Å². The minimum atomic E-state index is -0.384. The van der Waals surface area contributed by atoms with Crippen molar-refractivity contribution in [3.05, 3.63) is 35.9 Å². The van der Waals surface area contributed by atoms with Crippen LogP contribution in [0.3, 0.4) is 0 Å². The van der Waals surface area contributed by atoms with Crippen LogP contribution in [0, 0.1) is 11.3 Å². The Bertz CT molecular complexity index is 686. The van der Waals surface area contributed by atoms with Crippen LogP contribution in [0.1, 0.15) is 36.7 Å². The monoisotopic (exact) mass is 388 g/mol. The Balaban J connectivity index is 1.73. The van der Waals surface area contributed by atoms with Gasteiger partial charge in [0.15, 0.2) is 5.76 Å². The third-order valence-corrected chi connectivity index (χ3v) is 4.40. The normalized spacial score (nSPS) is 14.6. The maximum atomic E-state index is 12.3. The second kappa shape index (κ2) is 11.8. The number of hydrogen-bond acceptors (Lipinski definition) is 6. The number of unbranched alkanes of at least 4 members (excludes halogenated alkanes) is 1. The third-order valence-electron chi connectivity index (χ3n) is 4.40. The highest BCUT2D eigenvalue weighted by molar-refractivity contribution is 5.97. The van der Waals surface area contributed by atoms with Crippen LogP contribution in [0.5, 0.6) is 0 Å². The third kappa shape index (κ3) is 6.74. The number of nitrogens with one attached hydrogen (secondary N) is 1. The number of amides is 2. The molecule has 152 valence electrons. The molecule has 0 radical (unpaired) electrons. The lowest BCUT2D eigenvalue weighted by Gasteiger charge is -2.33. The van der Waals surface area contributed by atoms with Gasteiger partial charge in [0.25, 0.3) is 11.8 Å². The van der Waals surface area contributed by atoms with Gasteiger partial charge < -0.3 is 24.3 Å². The molecule has 1 saturated heterocycles. The summed E-state index contributed by atoms with van der Waals surface area (Å²) >= 11 is 0. The number of nitriles is 1. The first-order valence-electron chi connectivity index (χ1n) is 9.70. The van der Waals surface area contributed by atoms with Crippen LogP contribution in [0.4, 0.5) is 0 Å². The minimum Gasteiger partial charge on any atom is -0.459 e. The summed E-state index contributed by atoms with van der Waals surface area (Å²) in [5.74, 6) is -0.210. The molecule has 0 unspecified atom stereocenters. The standard InChI is InChI=1S/C20H28N4O4/c1-2-3-12-27-13-5-7-22-19(25)17(15-21)16-23-8-10-24(11-9-23)20(26)18-6-4-14-28-18/h4,6,14,16H,2-3,5,7-13H2,1H3,(H,22,25)/b17-16-. The maximum absolute atomic E-state index is 12.3. The first-order valence-corrected chi connectivity index (χ1v) is 9.70. The van der Waals surface area contributed by atoms with Crippen molar-refractivity contribution in [1.82, 2.24) is 15.1 Å². The number of rotatable bonds is 10. The number of piperazine rings is 1. The predicted molar refractivity (Wildman–Crippen MR) is 103 cm³/mol. The van der Waals surface area contributed by atoms with Gasteiger partial charge >= 0.3 is 0 Å². The van der Waals surface area contributed by atoms with E-state index in [1.54, 1.807) is 23.2 Å².